The monoisotopic (exact) mass is 339 g/mol. The maximum absolute atomic E-state index is 12.5. The molecule has 3 rings (SSSR count). The van der Waals surface area contributed by atoms with E-state index >= 15 is 0 Å². The van der Waals surface area contributed by atoms with Crippen LogP contribution < -0.4 is 10.9 Å². The Hall–Kier alpha value is -2.96. The maximum Gasteiger partial charge on any atom is 0.261 e. The van der Waals surface area contributed by atoms with Crippen LogP contribution in [0, 0.1) is 20.8 Å². The first-order chi connectivity index (χ1) is 11.8. The Morgan fingerprint density at radius 1 is 1.24 bits per heavy atom. The zero-order valence-electron chi connectivity index (χ0n) is 15.0. The first-order valence-electron chi connectivity index (χ1n) is 8.05. The van der Waals surface area contributed by atoms with E-state index in [1.165, 1.54) is 0 Å². The van der Waals surface area contributed by atoms with Crippen LogP contribution in [0.1, 0.15) is 17.2 Å². The number of aromatic nitrogens is 4. The van der Waals surface area contributed by atoms with Gasteiger partial charge in [0.25, 0.3) is 5.56 Å². The van der Waals surface area contributed by atoms with E-state index in [1.54, 1.807) is 23.3 Å². The third-order valence-electron chi connectivity index (χ3n) is 4.54. The Morgan fingerprint density at radius 2 is 1.96 bits per heavy atom. The quantitative estimate of drug-likeness (QED) is 0.783. The van der Waals surface area contributed by atoms with E-state index in [9.17, 15) is 9.59 Å². The van der Waals surface area contributed by atoms with Crippen molar-refractivity contribution in [2.75, 3.05) is 7.05 Å². The molecule has 0 saturated carbocycles. The highest BCUT2D eigenvalue weighted by Gasteiger charge is 2.16. The molecule has 25 heavy (non-hydrogen) atoms. The van der Waals surface area contributed by atoms with Gasteiger partial charge >= 0.3 is 0 Å². The van der Waals surface area contributed by atoms with E-state index in [2.05, 4.69) is 15.4 Å². The van der Waals surface area contributed by atoms with E-state index in [4.69, 9.17) is 0 Å². The summed E-state index contributed by atoms with van der Waals surface area (Å²) in [5.74, 6) is 0.570. The summed E-state index contributed by atoms with van der Waals surface area (Å²) < 4.78 is 3.22. The van der Waals surface area contributed by atoms with E-state index in [-0.39, 0.29) is 18.0 Å². The molecule has 0 fully saturated rings. The molecule has 0 aliphatic carbocycles. The minimum absolute atomic E-state index is 0.0718. The van der Waals surface area contributed by atoms with Gasteiger partial charge in [-0.15, -0.1) is 0 Å². The van der Waals surface area contributed by atoms with Crippen molar-refractivity contribution in [1.82, 2.24) is 24.6 Å². The summed E-state index contributed by atoms with van der Waals surface area (Å²) in [6.45, 7) is 5.80. The fourth-order valence-electron chi connectivity index (χ4n) is 3.02. The number of benzene rings is 1. The van der Waals surface area contributed by atoms with Crippen LogP contribution in [-0.4, -0.2) is 32.3 Å². The van der Waals surface area contributed by atoms with Crippen molar-refractivity contribution in [2.45, 2.75) is 27.3 Å². The number of hydrogen-bond donors (Lipinski definition) is 1. The van der Waals surface area contributed by atoms with Gasteiger partial charge in [-0.3, -0.25) is 18.8 Å². The molecule has 0 aliphatic heterocycles. The fourth-order valence-corrected chi connectivity index (χ4v) is 3.02. The summed E-state index contributed by atoms with van der Waals surface area (Å²) in [4.78, 5) is 28.7. The van der Waals surface area contributed by atoms with Crippen LogP contribution in [0.4, 0.5) is 0 Å². The molecular weight excluding hydrogens is 318 g/mol. The second-order valence-electron chi connectivity index (χ2n) is 6.13. The normalized spacial score (nSPS) is 11.1. The highest BCUT2D eigenvalue weighted by molar-refractivity contribution is 5.85. The van der Waals surface area contributed by atoms with Gasteiger partial charge in [0.1, 0.15) is 12.4 Å². The van der Waals surface area contributed by atoms with E-state index < -0.39 is 0 Å². The minimum Gasteiger partial charge on any atom is -0.358 e. The lowest BCUT2D eigenvalue weighted by atomic mass is 10.0. The molecule has 0 saturated heterocycles. The van der Waals surface area contributed by atoms with Crippen LogP contribution in [0.5, 0.6) is 0 Å². The molecule has 7 nitrogen and oxygen atoms in total. The van der Waals surface area contributed by atoms with Crippen LogP contribution in [-0.2, 0) is 18.4 Å². The number of nitrogens with one attached hydrogen (secondary N) is 1. The molecule has 1 N–H and O–H groups in total. The van der Waals surface area contributed by atoms with Gasteiger partial charge in [-0.05, 0) is 38.5 Å². The number of carbonyl (C=O) groups excluding carboxylic acids is 1. The van der Waals surface area contributed by atoms with Gasteiger partial charge < -0.3 is 5.32 Å². The van der Waals surface area contributed by atoms with Crippen molar-refractivity contribution < 1.29 is 4.79 Å². The van der Waals surface area contributed by atoms with Crippen molar-refractivity contribution in [2.24, 2.45) is 7.05 Å². The summed E-state index contributed by atoms with van der Waals surface area (Å²) in [6, 6.07) is 5.65. The molecule has 0 aliphatic rings. The zero-order chi connectivity index (χ0) is 18.3. The van der Waals surface area contributed by atoms with E-state index in [1.807, 2.05) is 39.0 Å². The van der Waals surface area contributed by atoms with Crippen molar-refractivity contribution in [1.29, 1.82) is 0 Å². The van der Waals surface area contributed by atoms with E-state index in [0.29, 0.717) is 16.7 Å². The molecule has 0 spiro atoms. The van der Waals surface area contributed by atoms with E-state index in [0.717, 1.165) is 22.5 Å². The molecule has 0 radical (unpaired) electrons. The lowest BCUT2D eigenvalue weighted by Crippen LogP contribution is -2.24. The van der Waals surface area contributed by atoms with Crippen LogP contribution in [0.25, 0.3) is 22.0 Å². The summed E-state index contributed by atoms with van der Waals surface area (Å²) in [5.41, 5.74) is 4.15. The number of rotatable bonds is 3. The van der Waals surface area contributed by atoms with Gasteiger partial charge in [-0.2, -0.15) is 5.10 Å². The van der Waals surface area contributed by atoms with Crippen molar-refractivity contribution >= 4 is 16.8 Å². The van der Waals surface area contributed by atoms with Crippen molar-refractivity contribution in [3.8, 4) is 11.1 Å². The number of nitrogens with zero attached hydrogens (tertiary/aromatic N) is 4. The molecule has 0 unspecified atom stereocenters. The fraction of sp³-hybridized carbons (Fsp3) is 0.333. The van der Waals surface area contributed by atoms with Crippen LogP contribution >= 0.6 is 0 Å². The maximum atomic E-state index is 12.5. The summed E-state index contributed by atoms with van der Waals surface area (Å²) >= 11 is 0. The standard InChI is InChI=1S/C18H21N5O2/c1-10-17(11(2)23(21-10)9-16(24)19-4)13-6-7-15-14(8-13)18(25)22(5)12(3)20-15/h6-8H,9H2,1-5H3,(H,19,24). The highest BCUT2D eigenvalue weighted by atomic mass is 16.2. The molecule has 7 heteroatoms. The first-order valence-corrected chi connectivity index (χ1v) is 8.05. The Labute approximate surface area is 145 Å². The lowest BCUT2D eigenvalue weighted by molar-refractivity contribution is -0.121. The number of fused-ring (bicyclic) bond motifs is 1. The molecule has 130 valence electrons. The Morgan fingerprint density at radius 3 is 2.64 bits per heavy atom. The predicted octanol–water partition coefficient (Wildman–Crippen LogP) is 1.47. The molecule has 2 aromatic heterocycles. The van der Waals surface area contributed by atoms with Crippen LogP contribution in [0.15, 0.2) is 23.0 Å². The third kappa shape index (κ3) is 2.82. The van der Waals surface area contributed by atoms with Gasteiger partial charge in [0.15, 0.2) is 0 Å². The summed E-state index contributed by atoms with van der Waals surface area (Å²) in [6.07, 6.45) is 0. The van der Waals surface area contributed by atoms with Crippen LogP contribution in [0.3, 0.4) is 0 Å². The smallest absolute Gasteiger partial charge is 0.261 e. The number of hydrogen-bond acceptors (Lipinski definition) is 4. The zero-order valence-corrected chi connectivity index (χ0v) is 15.0. The average Bonchev–Trinajstić information content (AvgIpc) is 2.86. The van der Waals surface area contributed by atoms with Crippen molar-refractivity contribution in [3.63, 3.8) is 0 Å². The number of likely N-dealkylation sites (N-methyl/N-ethyl adjacent to an activating group) is 1. The molecular formula is C18H21N5O2. The SMILES string of the molecule is CNC(=O)Cn1nc(C)c(-c2ccc3nc(C)n(C)c(=O)c3c2)c1C. The number of aryl methyl sites for hydroxylation is 2. The van der Waals surface area contributed by atoms with Gasteiger partial charge in [-0.1, -0.05) is 6.07 Å². The Kier molecular flexibility index (Phi) is 4.16. The second kappa shape index (κ2) is 6.16. The molecule has 2 heterocycles. The molecule has 1 amide bonds. The summed E-state index contributed by atoms with van der Waals surface area (Å²) in [7, 11) is 3.32. The topological polar surface area (TPSA) is 81.8 Å². The number of carbonyl (C=O) groups is 1. The van der Waals surface area contributed by atoms with Gasteiger partial charge in [0, 0.05) is 25.4 Å². The molecule has 1 aromatic carbocycles. The second-order valence-corrected chi connectivity index (χ2v) is 6.13. The predicted molar refractivity (Wildman–Crippen MR) is 96.5 cm³/mol. The van der Waals surface area contributed by atoms with Gasteiger partial charge in [-0.25, -0.2) is 4.98 Å². The molecule has 0 atom stereocenters. The molecule has 3 aromatic rings. The van der Waals surface area contributed by atoms with Gasteiger partial charge in [0.05, 0.1) is 16.6 Å². The largest absolute Gasteiger partial charge is 0.358 e. The average molecular weight is 339 g/mol. The summed E-state index contributed by atoms with van der Waals surface area (Å²) in [5, 5.41) is 7.64. The minimum atomic E-state index is -0.107. The van der Waals surface area contributed by atoms with Crippen LogP contribution in [0.2, 0.25) is 0 Å². The first kappa shape index (κ1) is 16.9. The number of amides is 1. The Bertz CT molecular complexity index is 1050. The van der Waals surface area contributed by atoms with Crippen molar-refractivity contribution in [3.05, 3.63) is 45.8 Å². The molecule has 0 bridgehead atoms. The van der Waals surface area contributed by atoms with Gasteiger partial charge in [0.2, 0.25) is 5.91 Å². The lowest BCUT2D eigenvalue weighted by Gasteiger charge is -2.08. The third-order valence-corrected chi connectivity index (χ3v) is 4.54. The highest BCUT2D eigenvalue weighted by Crippen LogP contribution is 2.28. The Balaban J connectivity index is 2.17.